The van der Waals surface area contributed by atoms with Crippen LogP contribution in [0.2, 0.25) is 5.02 Å². The molecule has 0 spiro atoms. The van der Waals surface area contributed by atoms with Crippen LogP contribution in [0, 0.1) is 5.82 Å². The molecule has 0 N–H and O–H groups in total. The summed E-state index contributed by atoms with van der Waals surface area (Å²) in [5, 5.41) is 2.95. The summed E-state index contributed by atoms with van der Waals surface area (Å²) in [6.45, 7) is 2.06. The zero-order valence-corrected chi connectivity index (χ0v) is 13.5. The van der Waals surface area contributed by atoms with Crippen molar-refractivity contribution in [2.24, 2.45) is 0 Å². The van der Waals surface area contributed by atoms with Crippen molar-refractivity contribution in [2.45, 2.75) is 25.3 Å². The standard InChI is InChI=1S/C14H12Cl2FN3S/c1-2-11(14-18-3-4-21-14)20-12-6-9(17)8(16)5-10(12)19-13(20)7-15/h3-6,11H,2,7H2,1H3. The Balaban J connectivity index is 2.26. The lowest BCUT2D eigenvalue weighted by molar-refractivity contribution is 0.560. The van der Waals surface area contributed by atoms with E-state index in [0.29, 0.717) is 16.9 Å². The van der Waals surface area contributed by atoms with Crippen molar-refractivity contribution in [3.63, 3.8) is 0 Å². The molecule has 0 saturated heterocycles. The molecule has 0 bridgehead atoms. The highest BCUT2D eigenvalue weighted by Gasteiger charge is 2.22. The van der Waals surface area contributed by atoms with E-state index in [2.05, 4.69) is 16.9 Å². The first kappa shape index (κ1) is 14.8. The minimum atomic E-state index is -0.458. The van der Waals surface area contributed by atoms with Crippen molar-refractivity contribution < 1.29 is 4.39 Å². The van der Waals surface area contributed by atoms with E-state index < -0.39 is 5.82 Å². The lowest BCUT2D eigenvalue weighted by Gasteiger charge is -2.17. The summed E-state index contributed by atoms with van der Waals surface area (Å²) in [4.78, 5) is 8.84. The maximum atomic E-state index is 13.8. The first-order valence-electron chi connectivity index (χ1n) is 6.47. The van der Waals surface area contributed by atoms with Crippen molar-refractivity contribution >= 4 is 45.6 Å². The molecule has 0 amide bonds. The van der Waals surface area contributed by atoms with Crippen LogP contribution in [0.3, 0.4) is 0 Å². The van der Waals surface area contributed by atoms with Crippen LogP contribution in [0.4, 0.5) is 4.39 Å². The van der Waals surface area contributed by atoms with Crippen LogP contribution in [0.1, 0.15) is 30.2 Å². The van der Waals surface area contributed by atoms with Gasteiger partial charge in [0.05, 0.1) is 28.0 Å². The van der Waals surface area contributed by atoms with Gasteiger partial charge in [0.25, 0.3) is 0 Å². The molecule has 0 fully saturated rings. The molecule has 1 aromatic carbocycles. The van der Waals surface area contributed by atoms with E-state index in [4.69, 9.17) is 23.2 Å². The fourth-order valence-electron chi connectivity index (χ4n) is 2.45. The Morgan fingerprint density at radius 3 is 2.86 bits per heavy atom. The minimum Gasteiger partial charge on any atom is -0.317 e. The predicted octanol–water partition coefficient (Wildman–Crippen LogP) is 5.02. The number of halogens is 3. The van der Waals surface area contributed by atoms with Crippen molar-refractivity contribution in [2.75, 3.05) is 0 Å². The predicted molar refractivity (Wildman–Crippen MR) is 84.8 cm³/mol. The Hall–Kier alpha value is -1.17. The van der Waals surface area contributed by atoms with Gasteiger partial charge in [-0.3, -0.25) is 0 Å². The molecule has 21 heavy (non-hydrogen) atoms. The van der Waals surface area contributed by atoms with E-state index in [1.54, 1.807) is 17.5 Å². The first-order chi connectivity index (χ1) is 10.2. The third-order valence-corrected chi connectivity index (χ3v) is 4.76. The smallest absolute Gasteiger partial charge is 0.144 e. The fraction of sp³-hybridized carbons (Fsp3) is 0.286. The molecule has 0 aliphatic rings. The van der Waals surface area contributed by atoms with Crippen LogP contribution >= 0.6 is 34.5 Å². The number of thiazole rings is 1. The highest BCUT2D eigenvalue weighted by atomic mass is 35.5. The Kier molecular flexibility index (Phi) is 4.15. The molecule has 0 aliphatic carbocycles. The van der Waals surface area contributed by atoms with Gasteiger partial charge in [0.1, 0.15) is 16.6 Å². The maximum absolute atomic E-state index is 13.8. The summed E-state index contributed by atoms with van der Waals surface area (Å²) < 4.78 is 15.8. The van der Waals surface area contributed by atoms with E-state index in [9.17, 15) is 4.39 Å². The van der Waals surface area contributed by atoms with Gasteiger partial charge in [-0.25, -0.2) is 14.4 Å². The van der Waals surface area contributed by atoms with E-state index in [1.165, 1.54) is 12.1 Å². The summed E-state index contributed by atoms with van der Waals surface area (Å²) in [5.41, 5.74) is 1.33. The lowest BCUT2D eigenvalue weighted by Crippen LogP contribution is -2.12. The summed E-state index contributed by atoms with van der Waals surface area (Å²) in [5.74, 6) is 0.478. The Morgan fingerprint density at radius 1 is 1.43 bits per heavy atom. The van der Waals surface area contributed by atoms with Gasteiger partial charge in [-0.05, 0) is 12.5 Å². The SMILES string of the molecule is CCC(c1nccs1)n1c(CCl)nc2cc(Cl)c(F)cc21. The second-order valence-electron chi connectivity index (χ2n) is 4.58. The zero-order chi connectivity index (χ0) is 15.0. The molecule has 110 valence electrons. The Labute approximate surface area is 135 Å². The summed E-state index contributed by atoms with van der Waals surface area (Å²) in [6.07, 6.45) is 2.58. The largest absolute Gasteiger partial charge is 0.317 e. The number of imidazole rings is 1. The zero-order valence-electron chi connectivity index (χ0n) is 11.2. The van der Waals surface area contributed by atoms with Gasteiger partial charge < -0.3 is 4.57 Å². The van der Waals surface area contributed by atoms with Crippen molar-refractivity contribution in [1.29, 1.82) is 0 Å². The summed E-state index contributed by atoms with van der Waals surface area (Å²) >= 11 is 13.4. The van der Waals surface area contributed by atoms with Gasteiger partial charge in [-0.1, -0.05) is 18.5 Å². The maximum Gasteiger partial charge on any atom is 0.144 e. The monoisotopic (exact) mass is 343 g/mol. The van der Waals surface area contributed by atoms with Gasteiger partial charge in [0.2, 0.25) is 0 Å². The van der Waals surface area contributed by atoms with E-state index in [0.717, 1.165) is 11.4 Å². The molecule has 0 saturated carbocycles. The molecule has 0 aliphatic heterocycles. The first-order valence-corrected chi connectivity index (χ1v) is 8.26. The molecular weight excluding hydrogens is 332 g/mol. The third-order valence-electron chi connectivity index (χ3n) is 3.36. The van der Waals surface area contributed by atoms with Gasteiger partial charge in [0.15, 0.2) is 0 Å². The normalized spacial score (nSPS) is 13.0. The number of benzene rings is 1. The van der Waals surface area contributed by atoms with Crippen LogP contribution in [-0.4, -0.2) is 14.5 Å². The lowest BCUT2D eigenvalue weighted by atomic mass is 10.2. The van der Waals surface area contributed by atoms with Crippen LogP contribution < -0.4 is 0 Å². The van der Waals surface area contributed by atoms with Crippen molar-refractivity contribution in [3.05, 3.63) is 45.4 Å². The van der Waals surface area contributed by atoms with Gasteiger partial charge in [-0.15, -0.1) is 22.9 Å². The second kappa shape index (κ2) is 5.91. The summed E-state index contributed by atoms with van der Waals surface area (Å²) in [6, 6.07) is 2.94. The molecule has 0 radical (unpaired) electrons. The van der Waals surface area contributed by atoms with Crippen LogP contribution in [0.5, 0.6) is 0 Å². The number of fused-ring (bicyclic) bond motifs is 1. The number of hydrogen-bond donors (Lipinski definition) is 0. The number of hydrogen-bond acceptors (Lipinski definition) is 3. The molecule has 2 heterocycles. The quantitative estimate of drug-likeness (QED) is 0.622. The number of alkyl halides is 1. The third kappa shape index (κ3) is 2.54. The van der Waals surface area contributed by atoms with Gasteiger partial charge in [-0.2, -0.15) is 0 Å². The highest BCUT2D eigenvalue weighted by molar-refractivity contribution is 7.09. The molecule has 2 aromatic heterocycles. The average Bonchev–Trinajstić information content (AvgIpc) is 3.10. The second-order valence-corrected chi connectivity index (χ2v) is 6.18. The molecule has 7 heteroatoms. The van der Waals surface area contributed by atoms with Crippen LogP contribution in [0.15, 0.2) is 23.7 Å². The minimum absolute atomic E-state index is 0.00988. The highest BCUT2D eigenvalue weighted by Crippen LogP contribution is 2.32. The van der Waals surface area contributed by atoms with Gasteiger partial charge >= 0.3 is 0 Å². The number of nitrogens with zero attached hydrogens (tertiary/aromatic N) is 3. The average molecular weight is 344 g/mol. The topological polar surface area (TPSA) is 30.7 Å². The van der Waals surface area contributed by atoms with E-state index in [-0.39, 0.29) is 16.9 Å². The van der Waals surface area contributed by atoms with E-state index >= 15 is 0 Å². The molecule has 3 rings (SSSR count). The number of rotatable bonds is 4. The molecular formula is C14H12Cl2FN3S. The molecule has 3 aromatic rings. The Morgan fingerprint density at radius 2 is 2.24 bits per heavy atom. The van der Waals surface area contributed by atoms with Crippen molar-refractivity contribution in [1.82, 2.24) is 14.5 Å². The summed E-state index contributed by atoms with van der Waals surface area (Å²) in [7, 11) is 0. The van der Waals surface area contributed by atoms with Crippen LogP contribution in [0.25, 0.3) is 11.0 Å². The molecule has 1 unspecified atom stereocenters. The van der Waals surface area contributed by atoms with Crippen LogP contribution in [-0.2, 0) is 5.88 Å². The number of aromatic nitrogens is 3. The van der Waals surface area contributed by atoms with E-state index in [1.807, 2.05) is 9.95 Å². The Bertz CT molecular complexity index is 770. The van der Waals surface area contributed by atoms with Gasteiger partial charge in [0, 0.05) is 17.6 Å². The fourth-order valence-corrected chi connectivity index (χ4v) is 3.61. The molecule has 3 nitrogen and oxygen atoms in total. The van der Waals surface area contributed by atoms with Crippen molar-refractivity contribution in [3.8, 4) is 0 Å². The molecule has 1 atom stereocenters.